The minimum atomic E-state index is 0. The van der Waals surface area contributed by atoms with Gasteiger partial charge in [-0.25, -0.2) is 0 Å². The number of likely N-dealkylation sites (N-methyl/N-ethyl adjacent to an activating group) is 1. The smallest absolute Gasteiger partial charge is 0.242 e. The first kappa shape index (κ1) is 14.2. The van der Waals surface area contributed by atoms with Gasteiger partial charge in [0.2, 0.25) is 5.91 Å². The summed E-state index contributed by atoms with van der Waals surface area (Å²) < 4.78 is 1.66. The SMILES string of the molecule is CCN(CC)C(=O)Cn1ccsc1=N.Cl. The number of carbonyl (C=O) groups excluding carboxylic acids is 1. The molecular formula is C9H16ClN3OS. The van der Waals surface area contributed by atoms with Crippen LogP contribution >= 0.6 is 23.7 Å². The first-order chi connectivity index (χ1) is 6.69. The lowest BCUT2D eigenvalue weighted by atomic mass is 10.4. The monoisotopic (exact) mass is 249 g/mol. The van der Waals surface area contributed by atoms with E-state index in [1.54, 1.807) is 15.7 Å². The Kier molecular flexibility index (Phi) is 6.27. The number of thiazole rings is 1. The topological polar surface area (TPSA) is 49.1 Å². The fraction of sp³-hybridized carbons (Fsp3) is 0.556. The van der Waals surface area contributed by atoms with E-state index in [4.69, 9.17) is 5.41 Å². The van der Waals surface area contributed by atoms with Gasteiger partial charge in [-0.15, -0.1) is 23.7 Å². The van der Waals surface area contributed by atoms with Crippen molar-refractivity contribution in [2.24, 2.45) is 0 Å². The van der Waals surface area contributed by atoms with Crippen molar-refractivity contribution in [1.29, 1.82) is 5.41 Å². The lowest BCUT2D eigenvalue weighted by molar-refractivity contribution is -0.131. The number of hydrogen-bond acceptors (Lipinski definition) is 3. The highest BCUT2D eigenvalue weighted by molar-refractivity contribution is 7.06. The Hall–Kier alpha value is -0.810. The molecule has 0 bridgehead atoms. The molecule has 0 atom stereocenters. The van der Waals surface area contributed by atoms with E-state index < -0.39 is 0 Å². The van der Waals surface area contributed by atoms with Crippen LogP contribution in [0.2, 0.25) is 0 Å². The highest BCUT2D eigenvalue weighted by atomic mass is 35.5. The molecule has 4 nitrogen and oxygen atoms in total. The largest absolute Gasteiger partial charge is 0.342 e. The van der Waals surface area contributed by atoms with Crippen molar-refractivity contribution in [2.75, 3.05) is 13.1 Å². The molecule has 1 N–H and O–H groups in total. The Labute approximate surface area is 99.5 Å². The number of nitrogens with zero attached hydrogens (tertiary/aromatic N) is 2. The molecule has 0 unspecified atom stereocenters. The summed E-state index contributed by atoms with van der Waals surface area (Å²) in [5.74, 6) is 0.0758. The van der Waals surface area contributed by atoms with Crippen LogP contribution in [0.1, 0.15) is 13.8 Å². The lowest BCUT2D eigenvalue weighted by Gasteiger charge is -2.18. The van der Waals surface area contributed by atoms with Gasteiger partial charge in [0, 0.05) is 24.7 Å². The second kappa shape index (κ2) is 6.63. The van der Waals surface area contributed by atoms with Crippen LogP contribution in [0.5, 0.6) is 0 Å². The van der Waals surface area contributed by atoms with E-state index >= 15 is 0 Å². The van der Waals surface area contributed by atoms with Gasteiger partial charge in [0.25, 0.3) is 0 Å². The second-order valence-electron chi connectivity index (χ2n) is 2.90. The molecule has 86 valence electrons. The van der Waals surface area contributed by atoms with Crippen molar-refractivity contribution in [2.45, 2.75) is 20.4 Å². The normalized spacial score (nSPS) is 9.47. The molecule has 0 aliphatic heterocycles. The fourth-order valence-electron chi connectivity index (χ4n) is 1.25. The van der Waals surface area contributed by atoms with Crippen molar-refractivity contribution in [3.05, 3.63) is 16.4 Å². The molecule has 0 saturated carbocycles. The van der Waals surface area contributed by atoms with Gasteiger partial charge in [0.1, 0.15) is 6.54 Å². The highest BCUT2D eigenvalue weighted by Gasteiger charge is 2.09. The molecule has 1 amide bonds. The van der Waals surface area contributed by atoms with E-state index in [2.05, 4.69) is 0 Å². The quantitative estimate of drug-likeness (QED) is 0.860. The van der Waals surface area contributed by atoms with Crippen LogP contribution in [0.15, 0.2) is 11.6 Å². The summed E-state index contributed by atoms with van der Waals surface area (Å²) >= 11 is 1.33. The van der Waals surface area contributed by atoms with E-state index in [0.29, 0.717) is 4.80 Å². The van der Waals surface area contributed by atoms with E-state index in [0.717, 1.165) is 13.1 Å². The van der Waals surface area contributed by atoms with Crippen molar-refractivity contribution in [1.82, 2.24) is 9.47 Å². The van der Waals surface area contributed by atoms with E-state index in [9.17, 15) is 4.79 Å². The van der Waals surface area contributed by atoms with Gasteiger partial charge in [-0.2, -0.15) is 0 Å². The molecule has 0 aliphatic rings. The second-order valence-corrected chi connectivity index (χ2v) is 3.80. The molecule has 0 aliphatic carbocycles. The zero-order chi connectivity index (χ0) is 10.6. The predicted octanol–water partition coefficient (Wildman–Crippen LogP) is 1.32. The van der Waals surface area contributed by atoms with Crippen LogP contribution in [0.4, 0.5) is 0 Å². The molecule has 1 aromatic heterocycles. The van der Waals surface area contributed by atoms with Crippen LogP contribution in [0.25, 0.3) is 0 Å². The molecule has 0 spiro atoms. The molecule has 0 radical (unpaired) electrons. The van der Waals surface area contributed by atoms with Gasteiger partial charge in [-0.3, -0.25) is 10.2 Å². The number of halogens is 1. The van der Waals surface area contributed by atoms with Crippen molar-refractivity contribution >= 4 is 29.7 Å². The van der Waals surface area contributed by atoms with Gasteiger partial charge in [-0.05, 0) is 13.8 Å². The third kappa shape index (κ3) is 3.68. The summed E-state index contributed by atoms with van der Waals surface area (Å²) in [4.78, 5) is 13.8. The van der Waals surface area contributed by atoms with Gasteiger partial charge in [0.15, 0.2) is 4.80 Å². The molecule has 15 heavy (non-hydrogen) atoms. The van der Waals surface area contributed by atoms with Crippen LogP contribution < -0.4 is 4.80 Å². The molecule has 1 rings (SSSR count). The van der Waals surface area contributed by atoms with Crippen molar-refractivity contribution in [3.8, 4) is 0 Å². The van der Waals surface area contributed by atoms with Crippen LogP contribution in [0, 0.1) is 5.41 Å². The van der Waals surface area contributed by atoms with Gasteiger partial charge < -0.3 is 9.47 Å². The summed E-state index contributed by atoms with van der Waals surface area (Å²) in [6.45, 7) is 5.66. The van der Waals surface area contributed by atoms with Crippen LogP contribution in [0.3, 0.4) is 0 Å². The average Bonchev–Trinajstić information content (AvgIpc) is 2.54. The molecule has 0 aromatic carbocycles. The van der Waals surface area contributed by atoms with Crippen LogP contribution in [-0.2, 0) is 11.3 Å². The maximum Gasteiger partial charge on any atom is 0.242 e. The Bertz CT molecular complexity index is 356. The van der Waals surface area contributed by atoms with Gasteiger partial charge >= 0.3 is 0 Å². The van der Waals surface area contributed by atoms with E-state index in [-0.39, 0.29) is 24.9 Å². The first-order valence-corrected chi connectivity index (χ1v) is 5.53. The lowest BCUT2D eigenvalue weighted by Crippen LogP contribution is -2.35. The molecule has 0 saturated heterocycles. The van der Waals surface area contributed by atoms with E-state index in [1.807, 2.05) is 19.2 Å². The van der Waals surface area contributed by atoms with Crippen LogP contribution in [-0.4, -0.2) is 28.5 Å². The third-order valence-electron chi connectivity index (χ3n) is 2.10. The fourth-order valence-corrected chi connectivity index (χ4v) is 1.85. The zero-order valence-corrected chi connectivity index (χ0v) is 10.5. The van der Waals surface area contributed by atoms with Crippen molar-refractivity contribution in [3.63, 3.8) is 0 Å². The molecule has 0 fully saturated rings. The Morgan fingerprint density at radius 2 is 2.13 bits per heavy atom. The Morgan fingerprint density at radius 3 is 2.53 bits per heavy atom. The maximum atomic E-state index is 11.7. The molecule has 6 heteroatoms. The van der Waals surface area contributed by atoms with Crippen molar-refractivity contribution < 1.29 is 4.79 Å². The average molecular weight is 250 g/mol. The number of rotatable bonds is 4. The summed E-state index contributed by atoms with van der Waals surface area (Å²) in [7, 11) is 0. The number of nitrogens with one attached hydrogen (secondary N) is 1. The molecular weight excluding hydrogens is 234 g/mol. The summed E-state index contributed by atoms with van der Waals surface area (Å²) in [5, 5.41) is 9.33. The highest BCUT2D eigenvalue weighted by Crippen LogP contribution is 1.94. The Balaban J connectivity index is 0.00000196. The third-order valence-corrected chi connectivity index (χ3v) is 2.82. The van der Waals surface area contributed by atoms with E-state index in [1.165, 1.54) is 11.3 Å². The first-order valence-electron chi connectivity index (χ1n) is 4.65. The molecule has 1 heterocycles. The number of carbonyl (C=O) groups is 1. The zero-order valence-electron chi connectivity index (χ0n) is 8.90. The molecule has 1 aromatic rings. The predicted molar refractivity (Wildman–Crippen MR) is 63.3 cm³/mol. The number of aromatic nitrogens is 1. The number of amides is 1. The van der Waals surface area contributed by atoms with Gasteiger partial charge in [0.05, 0.1) is 0 Å². The van der Waals surface area contributed by atoms with Gasteiger partial charge in [-0.1, -0.05) is 0 Å². The summed E-state index contributed by atoms with van der Waals surface area (Å²) in [6, 6.07) is 0. The minimum absolute atomic E-state index is 0. The number of hydrogen-bond donors (Lipinski definition) is 1. The maximum absolute atomic E-state index is 11.7. The standard InChI is InChI=1S/C9H15N3OS.ClH/c1-3-11(4-2)8(13)7-12-5-6-14-9(12)10;/h5-6,10H,3-4,7H2,1-2H3;1H. The summed E-state index contributed by atoms with van der Waals surface area (Å²) in [5.41, 5.74) is 0. The minimum Gasteiger partial charge on any atom is -0.342 e. The summed E-state index contributed by atoms with van der Waals surface area (Å²) in [6.07, 6.45) is 1.77. The Morgan fingerprint density at radius 1 is 1.53 bits per heavy atom.